The molecule has 2 aromatic heterocycles. The summed E-state index contributed by atoms with van der Waals surface area (Å²) in [5.41, 5.74) is -3.83. The molecule has 3 aromatic rings. The number of benzene rings is 1. The normalized spacial score (nSPS) is 18.4. The molecule has 4 nitrogen and oxygen atoms in total. The third kappa shape index (κ3) is 2.59. The Morgan fingerprint density at radius 1 is 1.07 bits per heavy atom. The Morgan fingerprint density at radius 2 is 1.89 bits per heavy atom. The molecular weight excluding hydrogens is 362 g/mol. The molecule has 0 fully saturated rings. The Hall–Kier alpha value is -3.16. The Balaban J connectivity index is 2.09. The Morgan fingerprint density at radius 3 is 2.59 bits per heavy atom. The van der Waals surface area contributed by atoms with Gasteiger partial charge in [0.05, 0.1) is 0 Å². The van der Waals surface area contributed by atoms with Gasteiger partial charge in [0.2, 0.25) is 0 Å². The van der Waals surface area contributed by atoms with Gasteiger partial charge in [0.1, 0.15) is 16.9 Å². The molecule has 1 aliphatic heterocycles. The van der Waals surface area contributed by atoms with E-state index in [0.717, 1.165) is 18.3 Å². The van der Waals surface area contributed by atoms with Gasteiger partial charge in [0, 0.05) is 35.8 Å². The predicted molar refractivity (Wildman–Crippen MR) is 91.5 cm³/mol. The third-order valence-corrected chi connectivity index (χ3v) is 4.78. The van der Waals surface area contributed by atoms with Gasteiger partial charge in [-0.2, -0.15) is 13.2 Å². The number of hydrogen-bond acceptors (Lipinski definition) is 3. The number of H-pyrrole nitrogens is 1. The van der Waals surface area contributed by atoms with Gasteiger partial charge in [0.15, 0.2) is 0 Å². The first-order valence-corrected chi connectivity index (χ1v) is 8.09. The molecule has 2 N–H and O–H groups in total. The summed E-state index contributed by atoms with van der Waals surface area (Å²) in [6.07, 6.45) is -2.82. The first kappa shape index (κ1) is 17.3. The maximum absolute atomic E-state index is 14.6. The number of fused-ring (bicyclic) bond motifs is 2. The third-order valence-electron chi connectivity index (χ3n) is 4.78. The van der Waals surface area contributed by atoms with E-state index in [1.54, 1.807) is 12.1 Å². The highest BCUT2D eigenvalue weighted by atomic mass is 19.4. The van der Waals surface area contributed by atoms with Crippen molar-refractivity contribution in [1.29, 1.82) is 0 Å². The second-order valence-corrected chi connectivity index (χ2v) is 6.31. The van der Waals surface area contributed by atoms with Gasteiger partial charge < -0.3 is 10.3 Å². The summed E-state index contributed by atoms with van der Waals surface area (Å²) in [7, 11) is 0. The van der Waals surface area contributed by atoms with Crippen molar-refractivity contribution in [3.8, 4) is 0 Å². The number of hydrogen-bond donors (Lipinski definition) is 2. The van der Waals surface area contributed by atoms with E-state index in [1.165, 1.54) is 24.4 Å². The first-order valence-electron chi connectivity index (χ1n) is 8.09. The lowest BCUT2D eigenvalue weighted by atomic mass is 9.68. The minimum absolute atomic E-state index is 0.0360. The van der Waals surface area contributed by atoms with E-state index in [2.05, 4.69) is 15.3 Å². The minimum Gasteiger partial charge on any atom is -0.351 e. The zero-order valence-corrected chi connectivity index (χ0v) is 13.8. The SMILES string of the molecule is O=c1[nH]ccc2c1Nc1ccc(F)cc1C2(Cc1ccccn1)C(F)(F)F. The number of halogens is 4. The molecule has 0 spiro atoms. The molecule has 138 valence electrons. The van der Waals surface area contributed by atoms with Crippen molar-refractivity contribution >= 4 is 11.4 Å². The number of aromatic amines is 1. The predicted octanol–water partition coefficient (Wildman–Crippen LogP) is 4.06. The van der Waals surface area contributed by atoms with E-state index < -0.39 is 29.4 Å². The molecule has 4 rings (SSSR count). The van der Waals surface area contributed by atoms with Crippen LogP contribution in [-0.4, -0.2) is 16.1 Å². The largest absolute Gasteiger partial charge is 0.402 e. The van der Waals surface area contributed by atoms with Crippen LogP contribution in [0, 0.1) is 5.82 Å². The minimum atomic E-state index is -4.81. The van der Waals surface area contributed by atoms with Crippen LogP contribution in [-0.2, 0) is 11.8 Å². The number of alkyl halides is 3. The number of rotatable bonds is 2. The smallest absolute Gasteiger partial charge is 0.351 e. The highest BCUT2D eigenvalue weighted by molar-refractivity contribution is 5.76. The van der Waals surface area contributed by atoms with Crippen LogP contribution in [0.2, 0.25) is 0 Å². The van der Waals surface area contributed by atoms with Crippen molar-refractivity contribution in [2.75, 3.05) is 5.32 Å². The average molecular weight is 375 g/mol. The topological polar surface area (TPSA) is 57.8 Å². The molecule has 1 atom stereocenters. The highest BCUT2D eigenvalue weighted by Crippen LogP contribution is 2.54. The summed E-state index contributed by atoms with van der Waals surface area (Å²) in [6.45, 7) is 0. The summed E-state index contributed by atoms with van der Waals surface area (Å²) < 4.78 is 57.8. The van der Waals surface area contributed by atoms with Crippen LogP contribution < -0.4 is 10.9 Å². The zero-order chi connectivity index (χ0) is 19.2. The van der Waals surface area contributed by atoms with Gasteiger partial charge >= 0.3 is 6.18 Å². The highest BCUT2D eigenvalue weighted by Gasteiger charge is 2.60. The van der Waals surface area contributed by atoms with Crippen LogP contribution in [0.15, 0.2) is 59.7 Å². The summed E-state index contributed by atoms with van der Waals surface area (Å²) in [5.74, 6) is -0.793. The second kappa shape index (κ2) is 5.94. The van der Waals surface area contributed by atoms with Gasteiger partial charge in [-0.05, 0) is 42.0 Å². The number of anilines is 2. The average Bonchev–Trinajstić information content (AvgIpc) is 2.62. The molecule has 1 aliphatic rings. The zero-order valence-electron chi connectivity index (χ0n) is 13.8. The van der Waals surface area contributed by atoms with Crippen LogP contribution in [0.5, 0.6) is 0 Å². The van der Waals surface area contributed by atoms with Crippen LogP contribution in [0.3, 0.4) is 0 Å². The molecule has 0 radical (unpaired) electrons. The molecule has 0 saturated carbocycles. The summed E-state index contributed by atoms with van der Waals surface area (Å²) in [4.78, 5) is 18.6. The fourth-order valence-electron chi connectivity index (χ4n) is 3.59. The molecule has 1 unspecified atom stereocenters. The van der Waals surface area contributed by atoms with Crippen molar-refractivity contribution in [3.63, 3.8) is 0 Å². The van der Waals surface area contributed by atoms with E-state index in [9.17, 15) is 22.4 Å². The lowest BCUT2D eigenvalue weighted by Crippen LogP contribution is -2.49. The number of aromatic nitrogens is 2. The molecule has 0 bridgehead atoms. The van der Waals surface area contributed by atoms with Crippen LogP contribution in [0.4, 0.5) is 28.9 Å². The van der Waals surface area contributed by atoms with Gasteiger partial charge in [-0.15, -0.1) is 0 Å². The van der Waals surface area contributed by atoms with Crippen LogP contribution in [0.1, 0.15) is 16.8 Å². The fraction of sp³-hybridized carbons (Fsp3) is 0.158. The fourth-order valence-corrected chi connectivity index (χ4v) is 3.59. The van der Waals surface area contributed by atoms with E-state index in [0.29, 0.717) is 0 Å². The molecule has 3 heterocycles. The van der Waals surface area contributed by atoms with Crippen molar-refractivity contribution < 1.29 is 17.6 Å². The Kier molecular flexibility index (Phi) is 3.80. The maximum atomic E-state index is 14.6. The lowest BCUT2D eigenvalue weighted by molar-refractivity contribution is -0.178. The molecule has 0 amide bonds. The standard InChI is InChI=1S/C19H13F4N3O/c20-11-4-5-15-14(9-11)18(19(21,22)23,10-12-3-1-2-7-24-12)13-6-8-25-17(27)16(13)26-15/h1-9,26H,10H2,(H,25,27). The van der Waals surface area contributed by atoms with Gasteiger partial charge in [0.25, 0.3) is 5.56 Å². The van der Waals surface area contributed by atoms with Crippen molar-refractivity contribution in [2.45, 2.75) is 18.0 Å². The molecule has 0 saturated heterocycles. The number of nitrogens with zero attached hydrogens (tertiary/aromatic N) is 1. The van der Waals surface area contributed by atoms with E-state index in [4.69, 9.17) is 0 Å². The molecule has 27 heavy (non-hydrogen) atoms. The quantitative estimate of drug-likeness (QED) is 0.665. The second-order valence-electron chi connectivity index (χ2n) is 6.31. The van der Waals surface area contributed by atoms with Crippen LogP contribution in [0.25, 0.3) is 0 Å². The molecule has 8 heteroatoms. The van der Waals surface area contributed by atoms with Gasteiger partial charge in [-0.25, -0.2) is 4.39 Å². The number of pyridine rings is 2. The van der Waals surface area contributed by atoms with Gasteiger partial charge in [-0.3, -0.25) is 9.78 Å². The summed E-state index contributed by atoms with van der Waals surface area (Å²) >= 11 is 0. The monoisotopic (exact) mass is 375 g/mol. The van der Waals surface area contributed by atoms with Crippen molar-refractivity contribution in [3.05, 3.63) is 87.9 Å². The van der Waals surface area contributed by atoms with Gasteiger partial charge in [-0.1, -0.05) is 6.07 Å². The van der Waals surface area contributed by atoms with E-state index in [1.807, 2.05) is 0 Å². The Labute approximate surface area is 150 Å². The van der Waals surface area contributed by atoms with E-state index in [-0.39, 0.29) is 28.2 Å². The molecule has 0 aliphatic carbocycles. The summed E-state index contributed by atoms with van der Waals surface area (Å²) in [5, 5.41) is 2.72. The first-order chi connectivity index (χ1) is 12.8. The Bertz CT molecular complexity index is 1060. The summed E-state index contributed by atoms with van der Waals surface area (Å²) in [6, 6.07) is 8.98. The maximum Gasteiger partial charge on any atom is 0.402 e. The number of nitrogens with one attached hydrogen (secondary N) is 2. The molecular formula is C19H13F4N3O. The van der Waals surface area contributed by atoms with Crippen molar-refractivity contribution in [2.24, 2.45) is 0 Å². The van der Waals surface area contributed by atoms with Crippen LogP contribution >= 0.6 is 0 Å². The molecule has 1 aromatic carbocycles. The van der Waals surface area contributed by atoms with E-state index >= 15 is 0 Å². The van der Waals surface area contributed by atoms with Crippen molar-refractivity contribution in [1.82, 2.24) is 9.97 Å². The lowest BCUT2D eigenvalue weighted by Gasteiger charge is -2.41.